The van der Waals surface area contributed by atoms with Crippen molar-refractivity contribution in [1.29, 1.82) is 0 Å². The molecule has 1 aliphatic heterocycles. The standard InChI is InChI=1S/C9H17N3O3/c1-4-6-8(13)7(11-12-10)5(2)9(14-3)15-6/h5-9,13H,4H2,1-3H3/t5?,6?,7-,8-,9-/m1/s1. The van der Waals surface area contributed by atoms with Gasteiger partial charge in [0, 0.05) is 17.9 Å². The molecule has 2 unspecified atom stereocenters. The minimum Gasteiger partial charge on any atom is -0.390 e. The van der Waals surface area contributed by atoms with Crippen LogP contribution in [0.5, 0.6) is 0 Å². The first-order valence-corrected chi connectivity index (χ1v) is 5.06. The molecule has 0 saturated carbocycles. The van der Waals surface area contributed by atoms with Crippen molar-refractivity contribution in [2.24, 2.45) is 11.0 Å². The van der Waals surface area contributed by atoms with Crippen LogP contribution in [-0.2, 0) is 9.47 Å². The van der Waals surface area contributed by atoms with Gasteiger partial charge < -0.3 is 14.6 Å². The number of methoxy groups -OCH3 is 1. The molecule has 0 bridgehead atoms. The van der Waals surface area contributed by atoms with Crippen LogP contribution in [0.1, 0.15) is 20.3 Å². The van der Waals surface area contributed by atoms with E-state index >= 15 is 0 Å². The molecule has 0 amide bonds. The van der Waals surface area contributed by atoms with Crippen molar-refractivity contribution in [3.8, 4) is 0 Å². The lowest BCUT2D eigenvalue weighted by atomic mass is 9.89. The largest absolute Gasteiger partial charge is 0.390 e. The first kappa shape index (κ1) is 12.3. The average molecular weight is 215 g/mol. The molecular formula is C9H17N3O3. The first-order valence-electron chi connectivity index (χ1n) is 5.06. The van der Waals surface area contributed by atoms with E-state index in [0.29, 0.717) is 6.42 Å². The van der Waals surface area contributed by atoms with E-state index in [2.05, 4.69) is 10.0 Å². The van der Waals surface area contributed by atoms with Gasteiger partial charge in [0.1, 0.15) is 0 Å². The highest BCUT2D eigenvalue weighted by Crippen LogP contribution is 2.29. The van der Waals surface area contributed by atoms with Crippen LogP contribution in [0.15, 0.2) is 5.11 Å². The minimum atomic E-state index is -0.757. The van der Waals surface area contributed by atoms with E-state index in [-0.39, 0.29) is 12.0 Å². The predicted octanol–water partition coefficient (Wildman–Crippen LogP) is 1.44. The van der Waals surface area contributed by atoms with Crippen LogP contribution >= 0.6 is 0 Å². The second-order valence-electron chi connectivity index (χ2n) is 3.73. The Kier molecular flexibility index (Phi) is 4.35. The van der Waals surface area contributed by atoms with Crippen molar-refractivity contribution < 1.29 is 14.6 Å². The van der Waals surface area contributed by atoms with Crippen molar-refractivity contribution in [3.05, 3.63) is 10.4 Å². The van der Waals surface area contributed by atoms with Crippen molar-refractivity contribution in [1.82, 2.24) is 0 Å². The van der Waals surface area contributed by atoms with Crippen molar-refractivity contribution in [2.75, 3.05) is 7.11 Å². The number of azide groups is 1. The van der Waals surface area contributed by atoms with E-state index < -0.39 is 18.4 Å². The number of ether oxygens (including phenoxy) is 2. The second kappa shape index (κ2) is 5.32. The topological polar surface area (TPSA) is 87.5 Å². The smallest absolute Gasteiger partial charge is 0.160 e. The Labute approximate surface area is 88.8 Å². The van der Waals surface area contributed by atoms with Gasteiger partial charge in [-0.2, -0.15) is 0 Å². The average Bonchev–Trinajstić information content (AvgIpc) is 2.25. The molecule has 0 aromatic carbocycles. The van der Waals surface area contributed by atoms with Crippen LogP contribution in [0.3, 0.4) is 0 Å². The van der Waals surface area contributed by atoms with Crippen LogP contribution in [-0.4, -0.2) is 36.8 Å². The Bertz CT molecular complexity index is 239. The molecule has 0 aromatic rings. The highest BCUT2D eigenvalue weighted by molar-refractivity contribution is 4.91. The first-order chi connectivity index (χ1) is 7.15. The fourth-order valence-electron chi connectivity index (χ4n) is 1.91. The summed E-state index contributed by atoms with van der Waals surface area (Å²) in [7, 11) is 1.54. The zero-order valence-electron chi connectivity index (χ0n) is 9.20. The fraction of sp³-hybridized carbons (Fsp3) is 1.00. The number of hydrogen-bond acceptors (Lipinski definition) is 4. The fourth-order valence-corrected chi connectivity index (χ4v) is 1.91. The van der Waals surface area contributed by atoms with Gasteiger partial charge in [-0.3, -0.25) is 0 Å². The summed E-state index contributed by atoms with van der Waals surface area (Å²) in [6, 6.07) is -0.487. The lowest BCUT2D eigenvalue weighted by Crippen LogP contribution is -2.52. The van der Waals surface area contributed by atoms with E-state index in [4.69, 9.17) is 15.0 Å². The summed E-state index contributed by atoms with van der Waals surface area (Å²) in [6.45, 7) is 3.74. The third-order valence-corrected chi connectivity index (χ3v) is 2.83. The maximum Gasteiger partial charge on any atom is 0.160 e. The van der Waals surface area contributed by atoms with Crippen LogP contribution in [0.2, 0.25) is 0 Å². The number of aliphatic hydroxyl groups is 1. The highest BCUT2D eigenvalue weighted by Gasteiger charge is 2.41. The molecule has 0 radical (unpaired) electrons. The molecule has 1 heterocycles. The molecule has 15 heavy (non-hydrogen) atoms. The number of hydrogen-bond donors (Lipinski definition) is 1. The summed E-state index contributed by atoms with van der Waals surface area (Å²) < 4.78 is 10.7. The summed E-state index contributed by atoms with van der Waals surface area (Å²) in [5, 5.41) is 13.5. The van der Waals surface area contributed by atoms with Gasteiger partial charge in [-0.15, -0.1) is 0 Å². The van der Waals surface area contributed by atoms with Crippen molar-refractivity contribution in [3.63, 3.8) is 0 Å². The summed E-state index contributed by atoms with van der Waals surface area (Å²) in [6.07, 6.45) is -0.853. The molecule has 1 saturated heterocycles. The Morgan fingerprint density at radius 3 is 2.73 bits per heavy atom. The van der Waals surface area contributed by atoms with Crippen LogP contribution in [0.4, 0.5) is 0 Å². The maximum atomic E-state index is 9.90. The molecule has 6 heteroatoms. The van der Waals surface area contributed by atoms with E-state index in [9.17, 15) is 5.11 Å². The molecule has 1 N–H and O–H groups in total. The summed E-state index contributed by atoms with van der Waals surface area (Å²) in [5.41, 5.74) is 8.44. The Balaban J connectivity index is 2.85. The van der Waals surface area contributed by atoms with Crippen molar-refractivity contribution in [2.45, 2.75) is 44.8 Å². The molecule has 1 fully saturated rings. The van der Waals surface area contributed by atoms with Gasteiger partial charge >= 0.3 is 0 Å². The molecule has 1 aliphatic rings. The maximum absolute atomic E-state index is 9.90. The van der Waals surface area contributed by atoms with E-state index in [0.717, 1.165) is 0 Å². The lowest BCUT2D eigenvalue weighted by molar-refractivity contribution is -0.241. The quantitative estimate of drug-likeness (QED) is 0.439. The lowest BCUT2D eigenvalue weighted by Gasteiger charge is -2.41. The monoisotopic (exact) mass is 215 g/mol. The SMILES string of the molecule is CCC1O[C@@H](OC)C(C)[C@@H](N=[N+]=[N-])[C@@H]1O. The minimum absolute atomic E-state index is 0.149. The van der Waals surface area contributed by atoms with Gasteiger partial charge in [-0.05, 0) is 12.0 Å². The van der Waals surface area contributed by atoms with Gasteiger partial charge in [0.15, 0.2) is 6.29 Å². The molecular weight excluding hydrogens is 198 g/mol. The van der Waals surface area contributed by atoms with E-state index in [1.165, 1.54) is 0 Å². The number of aliphatic hydroxyl groups excluding tert-OH is 1. The molecule has 0 spiro atoms. The Morgan fingerprint density at radius 2 is 2.27 bits per heavy atom. The van der Waals surface area contributed by atoms with Gasteiger partial charge in [0.05, 0.1) is 18.2 Å². The van der Waals surface area contributed by atoms with Gasteiger partial charge in [0.2, 0.25) is 0 Å². The molecule has 6 nitrogen and oxygen atoms in total. The third-order valence-electron chi connectivity index (χ3n) is 2.83. The molecule has 0 aliphatic carbocycles. The molecule has 1 rings (SSSR count). The molecule has 5 atom stereocenters. The van der Waals surface area contributed by atoms with Crippen molar-refractivity contribution >= 4 is 0 Å². The van der Waals surface area contributed by atoms with Gasteiger partial charge in [-0.1, -0.05) is 19.0 Å². The van der Waals surface area contributed by atoms with Crippen LogP contribution < -0.4 is 0 Å². The van der Waals surface area contributed by atoms with Crippen LogP contribution in [0, 0.1) is 5.92 Å². The zero-order chi connectivity index (χ0) is 11.4. The van der Waals surface area contributed by atoms with Gasteiger partial charge in [0.25, 0.3) is 0 Å². The van der Waals surface area contributed by atoms with E-state index in [1.54, 1.807) is 7.11 Å². The molecule has 86 valence electrons. The Morgan fingerprint density at radius 1 is 1.60 bits per heavy atom. The van der Waals surface area contributed by atoms with Crippen LogP contribution in [0.25, 0.3) is 10.4 Å². The summed E-state index contributed by atoms with van der Waals surface area (Å²) >= 11 is 0. The predicted molar refractivity (Wildman–Crippen MR) is 54.1 cm³/mol. The van der Waals surface area contributed by atoms with E-state index in [1.807, 2.05) is 13.8 Å². The number of rotatable bonds is 3. The normalized spacial score (nSPS) is 40.9. The number of nitrogens with zero attached hydrogens (tertiary/aromatic N) is 3. The second-order valence-corrected chi connectivity index (χ2v) is 3.73. The Hall–Kier alpha value is -0.810. The van der Waals surface area contributed by atoms with Gasteiger partial charge in [-0.25, -0.2) is 0 Å². The summed E-state index contributed by atoms with van der Waals surface area (Å²) in [5.74, 6) is -0.149. The third kappa shape index (κ3) is 2.41. The zero-order valence-corrected chi connectivity index (χ0v) is 9.20. The summed E-state index contributed by atoms with van der Waals surface area (Å²) in [4.78, 5) is 2.75. The molecule has 0 aromatic heterocycles. The highest BCUT2D eigenvalue weighted by atomic mass is 16.7.